The summed E-state index contributed by atoms with van der Waals surface area (Å²) in [6.07, 6.45) is 2.58. The first-order valence-electron chi connectivity index (χ1n) is 12.3. The molecule has 0 fully saturated rings. The lowest BCUT2D eigenvalue weighted by Crippen LogP contribution is -2.32. The first kappa shape index (κ1) is 28.4. The van der Waals surface area contributed by atoms with Crippen molar-refractivity contribution in [3.8, 4) is 22.9 Å². The Bertz CT molecular complexity index is 1620. The summed E-state index contributed by atoms with van der Waals surface area (Å²) in [4.78, 5) is 25.5. The van der Waals surface area contributed by atoms with E-state index in [2.05, 4.69) is 15.0 Å². The minimum Gasteiger partial charge on any atom is -0.493 e. The number of benzene rings is 1. The summed E-state index contributed by atoms with van der Waals surface area (Å²) in [6, 6.07) is 14.5. The first-order chi connectivity index (χ1) is 19.0. The highest BCUT2D eigenvalue weighted by molar-refractivity contribution is 7.90. The minimum absolute atomic E-state index is 0.0255. The second-order valence-corrected chi connectivity index (χ2v) is 10.9. The number of aromatic nitrogens is 3. The van der Waals surface area contributed by atoms with Gasteiger partial charge in [0.15, 0.2) is 5.03 Å². The zero-order valence-electron chi connectivity index (χ0n) is 22.0. The fourth-order valence-corrected chi connectivity index (χ4v) is 4.52. The molecule has 40 heavy (non-hydrogen) atoms. The van der Waals surface area contributed by atoms with Gasteiger partial charge >= 0.3 is 0 Å². The monoisotopic (exact) mass is 565 g/mol. The summed E-state index contributed by atoms with van der Waals surface area (Å²) in [7, 11) is -4.36. The standard InChI is InChI=1S/C28H28FN5O5S/c1-17(2)16-38-22-13-20(12-21(29)14-22)24-10-9-23(28(32-24)39-18(3)19-6-5-11-31-15-19)27(35)34-40(36,37)26-8-4-7-25(30)33-26/h4-15,17-18H,16H2,1-3H3,(H2,30,33)(H,34,35). The van der Waals surface area contributed by atoms with Crippen molar-refractivity contribution in [2.75, 3.05) is 12.3 Å². The maximum absolute atomic E-state index is 14.5. The molecule has 0 bridgehead atoms. The Kier molecular flexibility index (Phi) is 8.58. The summed E-state index contributed by atoms with van der Waals surface area (Å²) in [5.74, 6) is -1.18. The largest absolute Gasteiger partial charge is 0.493 e. The highest BCUT2D eigenvalue weighted by Crippen LogP contribution is 2.30. The number of carbonyl (C=O) groups excluding carboxylic acids is 1. The molecule has 0 aliphatic heterocycles. The van der Waals surface area contributed by atoms with E-state index < -0.39 is 32.9 Å². The number of sulfonamides is 1. The molecule has 1 unspecified atom stereocenters. The zero-order chi connectivity index (χ0) is 28.9. The predicted octanol–water partition coefficient (Wildman–Crippen LogP) is 4.55. The second-order valence-electron chi connectivity index (χ2n) is 9.31. The average molecular weight is 566 g/mol. The molecule has 1 amide bonds. The number of hydrogen-bond donors (Lipinski definition) is 2. The maximum atomic E-state index is 14.5. The van der Waals surface area contributed by atoms with E-state index in [0.29, 0.717) is 23.5 Å². The SMILES string of the molecule is CC(C)COc1cc(F)cc(-c2ccc(C(=O)NS(=O)(=O)c3cccc(N)n3)c(OC(C)c3cccnc3)n2)c1. The van der Waals surface area contributed by atoms with Crippen molar-refractivity contribution in [3.05, 3.63) is 90.0 Å². The van der Waals surface area contributed by atoms with Crippen LogP contribution in [0.4, 0.5) is 10.2 Å². The highest BCUT2D eigenvalue weighted by atomic mass is 32.2. The number of amides is 1. The first-order valence-corrected chi connectivity index (χ1v) is 13.8. The molecule has 1 aromatic carbocycles. The number of anilines is 1. The van der Waals surface area contributed by atoms with E-state index in [4.69, 9.17) is 15.2 Å². The number of halogens is 1. The summed E-state index contributed by atoms with van der Waals surface area (Å²) in [5, 5.41) is -0.426. The van der Waals surface area contributed by atoms with E-state index >= 15 is 0 Å². The molecule has 1 atom stereocenters. The van der Waals surface area contributed by atoms with Crippen molar-refractivity contribution in [3.63, 3.8) is 0 Å². The van der Waals surface area contributed by atoms with Gasteiger partial charge in [-0.1, -0.05) is 26.0 Å². The lowest BCUT2D eigenvalue weighted by atomic mass is 10.1. The van der Waals surface area contributed by atoms with Gasteiger partial charge in [-0.15, -0.1) is 0 Å². The molecule has 0 saturated heterocycles. The molecule has 3 aromatic heterocycles. The fraction of sp³-hybridized carbons (Fsp3) is 0.214. The molecule has 0 saturated carbocycles. The Balaban J connectivity index is 1.72. The molecular weight excluding hydrogens is 537 g/mol. The third-order valence-corrected chi connectivity index (χ3v) is 6.78. The van der Waals surface area contributed by atoms with E-state index in [1.54, 1.807) is 37.5 Å². The number of rotatable bonds is 10. The molecular formula is C28H28FN5O5S. The summed E-state index contributed by atoms with van der Waals surface area (Å²) < 4.78 is 53.8. The lowest BCUT2D eigenvalue weighted by molar-refractivity contribution is 0.0973. The van der Waals surface area contributed by atoms with E-state index in [1.165, 1.54) is 42.5 Å². The second kappa shape index (κ2) is 12.1. The summed E-state index contributed by atoms with van der Waals surface area (Å²) in [6.45, 7) is 6.06. The van der Waals surface area contributed by atoms with Crippen molar-refractivity contribution in [2.45, 2.75) is 31.9 Å². The minimum atomic E-state index is -4.36. The topological polar surface area (TPSA) is 146 Å². The van der Waals surface area contributed by atoms with Crippen molar-refractivity contribution >= 4 is 21.7 Å². The van der Waals surface area contributed by atoms with E-state index in [1.807, 2.05) is 18.6 Å². The number of ether oxygens (including phenoxy) is 2. The van der Waals surface area contributed by atoms with E-state index in [-0.39, 0.29) is 28.9 Å². The van der Waals surface area contributed by atoms with Gasteiger partial charge in [0.2, 0.25) is 5.88 Å². The van der Waals surface area contributed by atoms with Crippen LogP contribution in [0.1, 0.15) is 42.8 Å². The normalized spacial score (nSPS) is 12.1. The van der Waals surface area contributed by atoms with E-state index in [9.17, 15) is 17.6 Å². The molecule has 12 heteroatoms. The lowest BCUT2D eigenvalue weighted by Gasteiger charge is -2.18. The van der Waals surface area contributed by atoms with Gasteiger partial charge in [-0.3, -0.25) is 9.78 Å². The quantitative estimate of drug-likeness (QED) is 0.283. The Morgan fingerprint density at radius 3 is 2.55 bits per heavy atom. The molecule has 4 aromatic rings. The van der Waals surface area contributed by atoms with Gasteiger partial charge < -0.3 is 15.2 Å². The molecule has 0 aliphatic carbocycles. The van der Waals surface area contributed by atoms with Gasteiger partial charge in [-0.05, 0) is 55.3 Å². The number of carbonyl (C=O) groups is 1. The molecule has 4 rings (SSSR count). The van der Waals surface area contributed by atoms with Crippen LogP contribution in [0.2, 0.25) is 0 Å². The molecule has 3 heterocycles. The molecule has 3 N–H and O–H groups in total. The van der Waals surface area contributed by atoms with Crippen LogP contribution in [0.5, 0.6) is 11.6 Å². The van der Waals surface area contributed by atoms with Crippen LogP contribution in [0.3, 0.4) is 0 Å². The Morgan fingerprint density at radius 1 is 1.05 bits per heavy atom. The molecule has 208 valence electrons. The number of hydrogen-bond acceptors (Lipinski definition) is 9. The van der Waals surface area contributed by atoms with Gasteiger partial charge in [0, 0.05) is 29.6 Å². The highest BCUT2D eigenvalue weighted by Gasteiger charge is 2.25. The van der Waals surface area contributed by atoms with Crippen LogP contribution in [0.25, 0.3) is 11.3 Å². The van der Waals surface area contributed by atoms with Crippen LogP contribution < -0.4 is 19.9 Å². The fourth-order valence-electron chi connectivity index (χ4n) is 3.58. The van der Waals surface area contributed by atoms with Crippen molar-refractivity contribution in [1.29, 1.82) is 0 Å². The zero-order valence-corrected chi connectivity index (χ0v) is 22.9. The van der Waals surface area contributed by atoms with Gasteiger partial charge in [0.1, 0.15) is 29.1 Å². The van der Waals surface area contributed by atoms with Crippen LogP contribution >= 0.6 is 0 Å². The van der Waals surface area contributed by atoms with Gasteiger partial charge in [-0.2, -0.15) is 8.42 Å². The average Bonchev–Trinajstić information content (AvgIpc) is 2.91. The van der Waals surface area contributed by atoms with Crippen molar-refractivity contribution in [2.24, 2.45) is 5.92 Å². The number of nitrogens with one attached hydrogen (secondary N) is 1. The molecule has 0 spiro atoms. The van der Waals surface area contributed by atoms with Crippen molar-refractivity contribution in [1.82, 2.24) is 19.7 Å². The number of pyridine rings is 3. The predicted molar refractivity (Wildman–Crippen MR) is 147 cm³/mol. The Hall–Kier alpha value is -4.58. The van der Waals surface area contributed by atoms with Crippen LogP contribution in [0.15, 0.2) is 78.1 Å². The van der Waals surface area contributed by atoms with Gasteiger partial charge in [0.25, 0.3) is 15.9 Å². The molecule has 0 radical (unpaired) electrons. The van der Waals surface area contributed by atoms with Gasteiger partial charge in [-0.25, -0.2) is 19.1 Å². The van der Waals surface area contributed by atoms with Crippen molar-refractivity contribution < 1.29 is 27.1 Å². The Labute approximate surface area is 231 Å². The van der Waals surface area contributed by atoms with Crippen LogP contribution in [-0.4, -0.2) is 35.9 Å². The number of nitrogens with zero attached hydrogens (tertiary/aromatic N) is 3. The van der Waals surface area contributed by atoms with Crippen LogP contribution in [0, 0.1) is 11.7 Å². The van der Waals surface area contributed by atoms with Gasteiger partial charge in [0.05, 0.1) is 12.3 Å². The maximum Gasteiger partial charge on any atom is 0.281 e. The number of nitrogens with two attached hydrogens (primary N) is 1. The Morgan fingerprint density at radius 2 is 1.85 bits per heavy atom. The third kappa shape index (κ3) is 7.08. The van der Waals surface area contributed by atoms with E-state index in [0.717, 1.165) is 0 Å². The summed E-state index contributed by atoms with van der Waals surface area (Å²) in [5.41, 5.74) is 6.77. The third-order valence-electron chi connectivity index (χ3n) is 5.55. The molecule has 0 aliphatic rings. The summed E-state index contributed by atoms with van der Waals surface area (Å²) >= 11 is 0. The number of nitrogen functional groups attached to an aromatic ring is 1. The van der Waals surface area contributed by atoms with Crippen LogP contribution in [-0.2, 0) is 10.0 Å². The smallest absolute Gasteiger partial charge is 0.281 e. The molecule has 10 nitrogen and oxygen atoms in total.